The Bertz CT molecular complexity index is 605. The van der Waals surface area contributed by atoms with Crippen LogP contribution in [0.3, 0.4) is 0 Å². The number of anilines is 2. The molecule has 1 amide bonds. The molecule has 0 aliphatic carbocycles. The molecule has 0 atom stereocenters. The van der Waals surface area contributed by atoms with Crippen molar-refractivity contribution in [2.45, 2.75) is 20.4 Å². The first kappa shape index (κ1) is 13.0. The molecule has 0 saturated carbocycles. The van der Waals surface area contributed by atoms with Gasteiger partial charge in [0.05, 0.1) is 29.0 Å². The van der Waals surface area contributed by atoms with Crippen LogP contribution in [0.2, 0.25) is 0 Å². The number of nitrogens with two attached hydrogens (primary N) is 1. The Balaban J connectivity index is 2.05. The molecule has 0 aromatic carbocycles. The number of nitrogens with zero attached hydrogens (tertiary/aromatic N) is 3. The summed E-state index contributed by atoms with van der Waals surface area (Å²) in [6.07, 6.45) is 1.25. The Morgan fingerprint density at radius 1 is 1.47 bits per heavy atom. The van der Waals surface area contributed by atoms with Crippen molar-refractivity contribution in [3.05, 3.63) is 35.7 Å². The van der Waals surface area contributed by atoms with Gasteiger partial charge in [-0.2, -0.15) is 9.49 Å². The second kappa shape index (κ2) is 5.05. The van der Waals surface area contributed by atoms with Crippen LogP contribution >= 0.6 is 0 Å². The van der Waals surface area contributed by atoms with Gasteiger partial charge in [-0.05, 0) is 26.0 Å². The predicted octanol–water partition coefficient (Wildman–Crippen LogP) is 1.25. The molecule has 0 fully saturated rings. The topological polar surface area (TPSA) is 85.8 Å². The summed E-state index contributed by atoms with van der Waals surface area (Å²) in [5.41, 5.74) is 8.22. The fourth-order valence-corrected chi connectivity index (χ4v) is 1.65. The van der Waals surface area contributed by atoms with Crippen molar-refractivity contribution in [1.29, 1.82) is 0 Å². The molecule has 2 aromatic heterocycles. The maximum absolute atomic E-state index is 12.6. The number of nitrogen functional groups attached to an aromatic ring is 1. The van der Waals surface area contributed by atoms with Crippen molar-refractivity contribution in [3.63, 3.8) is 0 Å². The quantitative estimate of drug-likeness (QED) is 0.816. The van der Waals surface area contributed by atoms with Crippen molar-refractivity contribution in [2.75, 3.05) is 11.1 Å². The van der Waals surface area contributed by atoms with Gasteiger partial charge in [0.1, 0.15) is 6.54 Å². The van der Waals surface area contributed by atoms with Crippen LogP contribution in [0.1, 0.15) is 11.4 Å². The minimum atomic E-state index is -0.593. The van der Waals surface area contributed by atoms with Crippen LogP contribution in [0.15, 0.2) is 18.3 Å². The van der Waals surface area contributed by atoms with Crippen LogP contribution in [0, 0.1) is 19.8 Å². The average Bonchev–Trinajstić information content (AvgIpc) is 2.60. The van der Waals surface area contributed by atoms with E-state index >= 15 is 0 Å². The molecule has 0 bridgehead atoms. The van der Waals surface area contributed by atoms with Crippen molar-refractivity contribution < 1.29 is 9.18 Å². The van der Waals surface area contributed by atoms with E-state index in [1.807, 2.05) is 0 Å². The summed E-state index contributed by atoms with van der Waals surface area (Å²) in [5, 5.41) is 6.76. The van der Waals surface area contributed by atoms with Gasteiger partial charge < -0.3 is 11.1 Å². The Morgan fingerprint density at radius 2 is 2.21 bits per heavy atom. The summed E-state index contributed by atoms with van der Waals surface area (Å²) < 4.78 is 14.1. The number of pyridine rings is 1. The third kappa shape index (κ3) is 2.87. The van der Waals surface area contributed by atoms with Crippen LogP contribution in [-0.2, 0) is 11.3 Å². The summed E-state index contributed by atoms with van der Waals surface area (Å²) in [6, 6.07) is 2.62. The molecule has 19 heavy (non-hydrogen) atoms. The molecule has 0 saturated heterocycles. The Kier molecular flexibility index (Phi) is 3.46. The number of rotatable bonds is 3. The SMILES string of the molecule is Cc1nn(CC(=O)Nc2ccc(F)nc2)c(C)c1N. The second-order valence-electron chi connectivity index (χ2n) is 4.16. The van der Waals surface area contributed by atoms with E-state index in [2.05, 4.69) is 15.4 Å². The molecule has 7 heteroatoms. The van der Waals surface area contributed by atoms with Gasteiger partial charge in [0.25, 0.3) is 0 Å². The van der Waals surface area contributed by atoms with Crippen LogP contribution in [0.25, 0.3) is 0 Å². The predicted molar refractivity (Wildman–Crippen MR) is 68.9 cm³/mol. The summed E-state index contributed by atoms with van der Waals surface area (Å²) in [4.78, 5) is 15.3. The van der Waals surface area contributed by atoms with Gasteiger partial charge in [-0.25, -0.2) is 4.98 Å². The van der Waals surface area contributed by atoms with Crippen LogP contribution < -0.4 is 11.1 Å². The maximum atomic E-state index is 12.6. The van der Waals surface area contributed by atoms with Crippen LogP contribution in [-0.4, -0.2) is 20.7 Å². The number of carbonyl (C=O) groups excluding carboxylic acids is 1. The standard InChI is InChI=1S/C12H14FN5O/c1-7-12(14)8(2)18(17-7)6-11(19)16-9-3-4-10(13)15-5-9/h3-5H,6,14H2,1-2H3,(H,16,19). The number of hydrogen-bond donors (Lipinski definition) is 2. The lowest BCUT2D eigenvalue weighted by Crippen LogP contribution is -2.20. The van der Waals surface area contributed by atoms with Gasteiger partial charge in [0.15, 0.2) is 0 Å². The molecule has 0 aliphatic rings. The summed E-state index contributed by atoms with van der Waals surface area (Å²) in [7, 11) is 0. The summed E-state index contributed by atoms with van der Waals surface area (Å²) in [6.45, 7) is 3.62. The maximum Gasteiger partial charge on any atom is 0.246 e. The van der Waals surface area contributed by atoms with Crippen molar-refractivity contribution in [2.24, 2.45) is 0 Å². The molecule has 3 N–H and O–H groups in total. The minimum Gasteiger partial charge on any atom is -0.396 e. The number of nitrogens with one attached hydrogen (secondary N) is 1. The molecular formula is C12H14FN5O. The van der Waals surface area contributed by atoms with Gasteiger partial charge in [0.2, 0.25) is 11.9 Å². The van der Waals surface area contributed by atoms with Crippen LogP contribution in [0.4, 0.5) is 15.8 Å². The Morgan fingerprint density at radius 3 is 2.74 bits per heavy atom. The number of hydrogen-bond acceptors (Lipinski definition) is 4. The van der Waals surface area contributed by atoms with E-state index in [4.69, 9.17) is 5.73 Å². The minimum absolute atomic E-state index is 0.0429. The fourth-order valence-electron chi connectivity index (χ4n) is 1.65. The van der Waals surface area contributed by atoms with Crippen molar-refractivity contribution in [3.8, 4) is 0 Å². The highest BCUT2D eigenvalue weighted by atomic mass is 19.1. The first-order valence-electron chi connectivity index (χ1n) is 5.68. The lowest BCUT2D eigenvalue weighted by atomic mass is 10.3. The Labute approximate surface area is 109 Å². The number of amides is 1. The van der Waals surface area contributed by atoms with E-state index in [-0.39, 0.29) is 12.5 Å². The smallest absolute Gasteiger partial charge is 0.246 e. The van der Waals surface area contributed by atoms with Gasteiger partial charge in [-0.3, -0.25) is 9.48 Å². The average molecular weight is 263 g/mol. The van der Waals surface area contributed by atoms with Crippen molar-refractivity contribution in [1.82, 2.24) is 14.8 Å². The van der Waals surface area contributed by atoms with Gasteiger partial charge >= 0.3 is 0 Å². The summed E-state index contributed by atoms with van der Waals surface area (Å²) >= 11 is 0. The molecular weight excluding hydrogens is 249 g/mol. The van der Waals surface area contributed by atoms with Crippen LogP contribution in [0.5, 0.6) is 0 Å². The number of aromatic nitrogens is 3. The van der Waals surface area contributed by atoms with E-state index < -0.39 is 5.95 Å². The zero-order chi connectivity index (χ0) is 14.0. The monoisotopic (exact) mass is 263 g/mol. The Hall–Kier alpha value is -2.44. The summed E-state index contributed by atoms with van der Waals surface area (Å²) in [5.74, 6) is -0.872. The molecule has 0 radical (unpaired) electrons. The van der Waals surface area contributed by atoms with E-state index in [0.29, 0.717) is 17.1 Å². The third-order valence-corrected chi connectivity index (χ3v) is 2.74. The largest absolute Gasteiger partial charge is 0.396 e. The van der Waals surface area contributed by atoms with E-state index in [1.165, 1.54) is 23.0 Å². The van der Waals surface area contributed by atoms with E-state index in [9.17, 15) is 9.18 Å². The first-order chi connectivity index (χ1) is 8.97. The molecule has 2 heterocycles. The molecule has 2 rings (SSSR count). The normalized spacial score (nSPS) is 10.5. The molecule has 0 unspecified atom stereocenters. The zero-order valence-electron chi connectivity index (χ0n) is 10.6. The highest BCUT2D eigenvalue weighted by molar-refractivity contribution is 5.90. The van der Waals surface area contributed by atoms with Gasteiger partial charge in [0, 0.05) is 0 Å². The molecule has 0 spiro atoms. The lowest BCUT2D eigenvalue weighted by molar-refractivity contribution is -0.116. The lowest BCUT2D eigenvalue weighted by Gasteiger charge is -2.06. The first-order valence-corrected chi connectivity index (χ1v) is 5.68. The second-order valence-corrected chi connectivity index (χ2v) is 4.16. The zero-order valence-corrected chi connectivity index (χ0v) is 10.6. The molecule has 6 nitrogen and oxygen atoms in total. The fraction of sp³-hybridized carbons (Fsp3) is 0.250. The molecule has 0 aliphatic heterocycles. The van der Waals surface area contributed by atoms with E-state index in [1.54, 1.807) is 13.8 Å². The molecule has 2 aromatic rings. The number of halogens is 1. The molecule has 100 valence electrons. The number of carbonyl (C=O) groups is 1. The van der Waals surface area contributed by atoms with Crippen molar-refractivity contribution >= 4 is 17.3 Å². The third-order valence-electron chi connectivity index (χ3n) is 2.74. The van der Waals surface area contributed by atoms with E-state index in [0.717, 1.165) is 5.69 Å². The van der Waals surface area contributed by atoms with Gasteiger partial charge in [-0.15, -0.1) is 0 Å². The van der Waals surface area contributed by atoms with Gasteiger partial charge in [-0.1, -0.05) is 0 Å². The number of aryl methyl sites for hydroxylation is 1. The highest BCUT2D eigenvalue weighted by Gasteiger charge is 2.11. The highest BCUT2D eigenvalue weighted by Crippen LogP contribution is 2.14.